The summed E-state index contributed by atoms with van der Waals surface area (Å²) in [7, 11) is 0. The lowest BCUT2D eigenvalue weighted by atomic mass is 9.93. The number of hydrogen-bond acceptors (Lipinski definition) is 1. The first kappa shape index (κ1) is 11.7. The molecule has 0 aromatic heterocycles. The number of nitrogen functional groups attached to an aromatic ring is 1. The third kappa shape index (κ3) is 2.88. The molecule has 2 N–H and O–H groups in total. The maximum absolute atomic E-state index is 5.90. The van der Waals surface area contributed by atoms with E-state index < -0.39 is 0 Å². The predicted octanol–water partition coefficient (Wildman–Crippen LogP) is 4.13. The molecule has 0 aliphatic rings. The zero-order valence-electron chi connectivity index (χ0n) is 10.5. The van der Waals surface area contributed by atoms with Gasteiger partial charge in [0, 0.05) is 5.69 Å². The SMILES string of the molecule is CC(C)Cc1ccc(N)cc1-c1ccccc1. The van der Waals surface area contributed by atoms with Crippen LogP contribution in [0, 0.1) is 5.92 Å². The fraction of sp³-hybridized carbons (Fsp3) is 0.250. The summed E-state index contributed by atoms with van der Waals surface area (Å²) < 4.78 is 0. The molecule has 0 amide bonds. The van der Waals surface area contributed by atoms with Crippen LogP contribution in [0.1, 0.15) is 19.4 Å². The number of hydrogen-bond donors (Lipinski definition) is 1. The van der Waals surface area contributed by atoms with Crippen LogP contribution in [0.3, 0.4) is 0 Å². The monoisotopic (exact) mass is 225 g/mol. The van der Waals surface area contributed by atoms with E-state index in [4.69, 9.17) is 5.73 Å². The van der Waals surface area contributed by atoms with Crippen LogP contribution >= 0.6 is 0 Å². The Morgan fingerprint density at radius 1 is 1.00 bits per heavy atom. The average molecular weight is 225 g/mol. The molecule has 0 heterocycles. The van der Waals surface area contributed by atoms with Crippen molar-refractivity contribution in [1.82, 2.24) is 0 Å². The summed E-state index contributed by atoms with van der Waals surface area (Å²) in [6, 6.07) is 16.7. The van der Waals surface area contributed by atoms with Crippen LogP contribution in [0.15, 0.2) is 48.5 Å². The predicted molar refractivity (Wildman–Crippen MR) is 74.8 cm³/mol. The number of benzene rings is 2. The molecule has 0 radical (unpaired) electrons. The van der Waals surface area contributed by atoms with Gasteiger partial charge in [-0.3, -0.25) is 0 Å². The van der Waals surface area contributed by atoms with Gasteiger partial charge in [0.05, 0.1) is 0 Å². The Morgan fingerprint density at radius 2 is 1.71 bits per heavy atom. The van der Waals surface area contributed by atoms with Crippen LogP contribution in [0.25, 0.3) is 11.1 Å². The molecule has 2 aromatic carbocycles. The van der Waals surface area contributed by atoms with E-state index in [-0.39, 0.29) is 0 Å². The zero-order chi connectivity index (χ0) is 12.3. The van der Waals surface area contributed by atoms with E-state index in [1.165, 1.54) is 16.7 Å². The summed E-state index contributed by atoms with van der Waals surface area (Å²) in [4.78, 5) is 0. The molecule has 88 valence electrons. The second kappa shape index (κ2) is 5.05. The van der Waals surface area contributed by atoms with Crippen LogP contribution in [-0.4, -0.2) is 0 Å². The lowest BCUT2D eigenvalue weighted by molar-refractivity contribution is 0.648. The van der Waals surface area contributed by atoms with Crippen LogP contribution in [-0.2, 0) is 6.42 Å². The van der Waals surface area contributed by atoms with Gasteiger partial charge in [0.25, 0.3) is 0 Å². The molecule has 0 bridgehead atoms. The van der Waals surface area contributed by atoms with Gasteiger partial charge in [0.15, 0.2) is 0 Å². The molecule has 0 saturated heterocycles. The minimum atomic E-state index is 0.654. The van der Waals surface area contributed by atoms with E-state index in [0.717, 1.165) is 12.1 Å². The summed E-state index contributed by atoms with van der Waals surface area (Å²) in [6.07, 6.45) is 1.09. The third-order valence-electron chi connectivity index (χ3n) is 2.85. The first-order valence-electron chi connectivity index (χ1n) is 6.10. The molecule has 2 aromatic rings. The molecule has 0 saturated carbocycles. The summed E-state index contributed by atoms with van der Waals surface area (Å²) in [6.45, 7) is 4.48. The van der Waals surface area contributed by atoms with Crippen molar-refractivity contribution in [1.29, 1.82) is 0 Å². The Bertz CT molecular complexity index is 486. The molecule has 0 aliphatic carbocycles. The largest absolute Gasteiger partial charge is 0.399 e. The Labute approximate surface area is 103 Å². The molecule has 0 fully saturated rings. The van der Waals surface area contributed by atoms with Crippen molar-refractivity contribution in [3.8, 4) is 11.1 Å². The Hall–Kier alpha value is -1.76. The maximum Gasteiger partial charge on any atom is 0.0320 e. The first-order valence-corrected chi connectivity index (χ1v) is 6.10. The van der Waals surface area contributed by atoms with E-state index in [1.807, 2.05) is 12.1 Å². The molecular formula is C16H19N. The smallest absolute Gasteiger partial charge is 0.0320 e. The van der Waals surface area contributed by atoms with Crippen molar-refractivity contribution in [2.75, 3.05) is 5.73 Å². The van der Waals surface area contributed by atoms with E-state index in [1.54, 1.807) is 0 Å². The van der Waals surface area contributed by atoms with E-state index in [0.29, 0.717) is 5.92 Å². The standard InChI is InChI=1S/C16H19N/c1-12(2)10-14-8-9-15(17)11-16(14)13-6-4-3-5-7-13/h3-9,11-12H,10,17H2,1-2H3. The highest BCUT2D eigenvalue weighted by atomic mass is 14.5. The Kier molecular flexibility index (Phi) is 3.48. The van der Waals surface area contributed by atoms with Crippen LogP contribution in [0.4, 0.5) is 5.69 Å². The van der Waals surface area contributed by atoms with Gasteiger partial charge in [0.2, 0.25) is 0 Å². The summed E-state index contributed by atoms with van der Waals surface area (Å²) in [5.41, 5.74) is 10.6. The highest BCUT2D eigenvalue weighted by Crippen LogP contribution is 2.27. The maximum atomic E-state index is 5.90. The molecule has 1 heteroatoms. The number of anilines is 1. The van der Waals surface area contributed by atoms with E-state index >= 15 is 0 Å². The summed E-state index contributed by atoms with van der Waals surface area (Å²) in [5, 5.41) is 0. The minimum absolute atomic E-state index is 0.654. The van der Waals surface area contributed by atoms with Gasteiger partial charge in [-0.15, -0.1) is 0 Å². The molecule has 0 atom stereocenters. The second-order valence-corrected chi connectivity index (χ2v) is 4.88. The molecular weight excluding hydrogens is 206 g/mol. The van der Waals surface area contributed by atoms with Crippen LogP contribution in [0.2, 0.25) is 0 Å². The van der Waals surface area contributed by atoms with Crippen molar-refractivity contribution >= 4 is 5.69 Å². The third-order valence-corrected chi connectivity index (χ3v) is 2.85. The number of nitrogens with two attached hydrogens (primary N) is 1. The van der Waals surface area contributed by atoms with Crippen LogP contribution in [0.5, 0.6) is 0 Å². The Morgan fingerprint density at radius 3 is 2.35 bits per heavy atom. The zero-order valence-corrected chi connectivity index (χ0v) is 10.5. The average Bonchev–Trinajstić information content (AvgIpc) is 2.32. The van der Waals surface area contributed by atoms with E-state index in [2.05, 4.69) is 50.2 Å². The molecule has 17 heavy (non-hydrogen) atoms. The molecule has 0 spiro atoms. The van der Waals surface area contributed by atoms with Crippen molar-refractivity contribution < 1.29 is 0 Å². The quantitative estimate of drug-likeness (QED) is 0.781. The van der Waals surface area contributed by atoms with Crippen molar-refractivity contribution in [3.05, 3.63) is 54.1 Å². The van der Waals surface area contributed by atoms with Crippen molar-refractivity contribution in [3.63, 3.8) is 0 Å². The summed E-state index contributed by atoms with van der Waals surface area (Å²) >= 11 is 0. The lowest BCUT2D eigenvalue weighted by Gasteiger charge is -2.12. The molecule has 2 rings (SSSR count). The number of rotatable bonds is 3. The molecule has 1 nitrogen and oxygen atoms in total. The lowest BCUT2D eigenvalue weighted by Crippen LogP contribution is -1.98. The Balaban J connectivity index is 2.47. The molecule has 0 unspecified atom stereocenters. The topological polar surface area (TPSA) is 26.0 Å². The molecule has 0 aliphatic heterocycles. The highest BCUT2D eigenvalue weighted by Gasteiger charge is 2.07. The normalized spacial score (nSPS) is 10.8. The van der Waals surface area contributed by atoms with Gasteiger partial charge >= 0.3 is 0 Å². The minimum Gasteiger partial charge on any atom is -0.399 e. The van der Waals surface area contributed by atoms with Gasteiger partial charge < -0.3 is 5.73 Å². The van der Waals surface area contributed by atoms with Gasteiger partial charge in [-0.25, -0.2) is 0 Å². The summed E-state index contributed by atoms with van der Waals surface area (Å²) in [5.74, 6) is 0.654. The van der Waals surface area contributed by atoms with Gasteiger partial charge in [-0.1, -0.05) is 50.2 Å². The highest BCUT2D eigenvalue weighted by molar-refractivity contribution is 5.71. The van der Waals surface area contributed by atoms with E-state index in [9.17, 15) is 0 Å². The van der Waals surface area contributed by atoms with Gasteiger partial charge in [0.1, 0.15) is 0 Å². The fourth-order valence-corrected chi connectivity index (χ4v) is 2.10. The van der Waals surface area contributed by atoms with Crippen molar-refractivity contribution in [2.24, 2.45) is 5.92 Å². The fourth-order valence-electron chi connectivity index (χ4n) is 2.10. The second-order valence-electron chi connectivity index (χ2n) is 4.88. The van der Waals surface area contributed by atoms with Gasteiger partial charge in [-0.05, 0) is 41.2 Å². The van der Waals surface area contributed by atoms with Crippen molar-refractivity contribution in [2.45, 2.75) is 20.3 Å². The van der Waals surface area contributed by atoms with Gasteiger partial charge in [-0.2, -0.15) is 0 Å². The first-order chi connectivity index (χ1) is 8.16. The van der Waals surface area contributed by atoms with Crippen LogP contribution < -0.4 is 5.73 Å².